The number of aromatic carboxylic acids is 1. The highest BCUT2D eigenvalue weighted by Gasteiger charge is 2.12. The average Bonchev–Trinajstić information content (AvgIpc) is 3.14. The second-order valence-corrected chi connectivity index (χ2v) is 6.15. The van der Waals surface area contributed by atoms with Crippen LogP contribution in [0.1, 0.15) is 21.6 Å². The van der Waals surface area contributed by atoms with E-state index in [-0.39, 0.29) is 11.1 Å². The topological polar surface area (TPSA) is 95.1 Å². The Morgan fingerprint density at radius 2 is 1.89 bits per heavy atom. The highest BCUT2D eigenvalue weighted by molar-refractivity contribution is 6.09. The molecule has 3 aromatic rings. The second kappa shape index (κ2) is 8.06. The van der Waals surface area contributed by atoms with E-state index in [1.165, 1.54) is 24.3 Å². The molecule has 1 heterocycles. The third kappa shape index (κ3) is 4.17. The van der Waals surface area contributed by atoms with E-state index in [0.717, 1.165) is 11.3 Å². The van der Waals surface area contributed by atoms with Crippen molar-refractivity contribution < 1.29 is 14.7 Å². The molecule has 1 aromatic heterocycles. The number of nitrogens with one attached hydrogen (secondary N) is 1. The van der Waals surface area contributed by atoms with Gasteiger partial charge in [-0.1, -0.05) is 18.2 Å². The lowest BCUT2D eigenvalue weighted by atomic mass is 10.1. The van der Waals surface area contributed by atoms with E-state index in [2.05, 4.69) is 5.32 Å². The Bertz CT molecular complexity index is 1120. The quantitative estimate of drug-likeness (QED) is 0.523. The fraction of sp³-hybridized carbons (Fsp3) is 0.0455. The van der Waals surface area contributed by atoms with Crippen molar-refractivity contribution in [3.05, 3.63) is 89.3 Å². The summed E-state index contributed by atoms with van der Waals surface area (Å²) in [5, 5.41) is 21.1. The van der Waals surface area contributed by atoms with Crippen LogP contribution in [-0.2, 0) is 4.79 Å². The van der Waals surface area contributed by atoms with E-state index >= 15 is 0 Å². The van der Waals surface area contributed by atoms with Gasteiger partial charge in [0.2, 0.25) is 0 Å². The predicted molar refractivity (Wildman–Crippen MR) is 106 cm³/mol. The number of rotatable bonds is 5. The number of nitriles is 1. The van der Waals surface area contributed by atoms with Crippen molar-refractivity contribution in [2.45, 2.75) is 6.92 Å². The molecule has 6 nitrogen and oxygen atoms in total. The molecule has 0 fully saturated rings. The van der Waals surface area contributed by atoms with E-state index in [0.29, 0.717) is 11.4 Å². The maximum absolute atomic E-state index is 12.5. The maximum atomic E-state index is 12.5. The highest BCUT2D eigenvalue weighted by atomic mass is 16.4. The summed E-state index contributed by atoms with van der Waals surface area (Å²) >= 11 is 0. The molecule has 0 aliphatic carbocycles. The van der Waals surface area contributed by atoms with Gasteiger partial charge >= 0.3 is 5.97 Å². The van der Waals surface area contributed by atoms with Crippen molar-refractivity contribution in [2.75, 3.05) is 5.32 Å². The number of hydrogen-bond acceptors (Lipinski definition) is 3. The van der Waals surface area contributed by atoms with Crippen LogP contribution in [0.4, 0.5) is 5.69 Å². The molecule has 2 aromatic carbocycles. The van der Waals surface area contributed by atoms with Gasteiger partial charge < -0.3 is 15.0 Å². The number of benzene rings is 2. The van der Waals surface area contributed by atoms with E-state index in [4.69, 9.17) is 5.11 Å². The van der Waals surface area contributed by atoms with Gasteiger partial charge in [-0.25, -0.2) is 4.79 Å². The van der Waals surface area contributed by atoms with Crippen molar-refractivity contribution in [3.63, 3.8) is 0 Å². The Morgan fingerprint density at radius 3 is 2.61 bits per heavy atom. The number of carbonyl (C=O) groups is 2. The summed E-state index contributed by atoms with van der Waals surface area (Å²) < 4.78 is 1.88. The van der Waals surface area contributed by atoms with Gasteiger partial charge in [0.1, 0.15) is 11.6 Å². The van der Waals surface area contributed by atoms with Gasteiger partial charge in [0, 0.05) is 23.3 Å². The van der Waals surface area contributed by atoms with E-state index in [1.54, 1.807) is 12.1 Å². The fourth-order valence-corrected chi connectivity index (χ4v) is 2.75. The molecule has 0 aliphatic rings. The van der Waals surface area contributed by atoms with Crippen LogP contribution in [0, 0.1) is 18.3 Å². The first kappa shape index (κ1) is 18.7. The molecule has 28 heavy (non-hydrogen) atoms. The molecule has 0 saturated carbocycles. The first-order valence-corrected chi connectivity index (χ1v) is 8.49. The summed E-state index contributed by atoms with van der Waals surface area (Å²) in [7, 11) is 0. The molecule has 6 heteroatoms. The molecular weight excluding hydrogens is 354 g/mol. The Morgan fingerprint density at radius 1 is 1.11 bits per heavy atom. The van der Waals surface area contributed by atoms with E-state index in [1.807, 2.05) is 54.1 Å². The largest absolute Gasteiger partial charge is 0.478 e. The average molecular weight is 371 g/mol. The predicted octanol–water partition coefficient (Wildman–Crippen LogP) is 4.03. The van der Waals surface area contributed by atoms with E-state index in [9.17, 15) is 14.9 Å². The van der Waals surface area contributed by atoms with Gasteiger partial charge in [-0.3, -0.25) is 4.79 Å². The number of amides is 1. The van der Waals surface area contributed by atoms with Crippen LogP contribution in [0.15, 0.2) is 72.4 Å². The van der Waals surface area contributed by atoms with Crippen LogP contribution in [-0.4, -0.2) is 21.6 Å². The molecule has 0 atom stereocenters. The van der Waals surface area contributed by atoms with Crippen LogP contribution in [0.25, 0.3) is 11.8 Å². The van der Waals surface area contributed by atoms with Crippen LogP contribution < -0.4 is 5.32 Å². The monoisotopic (exact) mass is 371 g/mol. The minimum atomic E-state index is -1.09. The number of carbonyl (C=O) groups excluding carboxylic acids is 1. The number of nitrogens with zero attached hydrogens (tertiary/aromatic N) is 2. The SMILES string of the molecule is Cc1cccc(-n2cccc2/C=C(/C#N)C(=O)Nc2cccc(C(=O)O)c2)c1. The van der Waals surface area contributed by atoms with Crippen molar-refractivity contribution in [2.24, 2.45) is 0 Å². The van der Waals surface area contributed by atoms with Crippen molar-refractivity contribution in [1.29, 1.82) is 5.26 Å². The normalized spacial score (nSPS) is 10.9. The van der Waals surface area contributed by atoms with Gasteiger partial charge in [-0.2, -0.15) is 5.26 Å². The lowest BCUT2D eigenvalue weighted by Gasteiger charge is -2.09. The number of anilines is 1. The Kier molecular flexibility index (Phi) is 5.38. The minimum Gasteiger partial charge on any atom is -0.478 e. The van der Waals surface area contributed by atoms with Crippen molar-refractivity contribution >= 4 is 23.6 Å². The number of hydrogen-bond donors (Lipinski definition) is 2. The van der Waals surface area contributed by atoms with Crippen molar-refractivity contribution in [1.82, 2.24) is 4.57 Å². The van der Waals surface area contributed by atoms with Gasteiger partial charge in [0.25, 0.3) is 5.91 Å². The van der Waals surface area contributed by atoms with Gasteiger partial charge in [0.15, 0.2) is 0 Å². The van der Waals surface area contributed by atoms with E-state index < -0.39 is 11.9 Å². The van der Waals surface area contributed by atoms with Crippen LogP contribution in [0.2, 0.25) is 0 Å². The molecule has 0 unspecified atom stereocenters. The van der Waals surface area contributed by atoms with Crippen LogP contribution >= 0.6 is 0 Å². The Hall–Kier alpha value is -4.11. The number of aromatic nitrogens is 1. The molecule has 0 radical (unpaired) electrons. The second-order valence-electron chi connectivity index (χ2n) is 6.15. The van der Waals surface area contributed by atoms with Gasteiger partial charge in [0.05, 0.1) is 5.56 Å². The highest BCUT2D eigenvalue weighted by Crippen LogP contribution is 2.18. The first-order valence-electron chi connectivity index (χ1n) is 8.49. The summed E-state index contributed by atoms with van der Waals surface area (Å²) in [5.41, 5.74) is 2.96. The fourth-order valence-electron chi connectivity index (χ4n) is 2.75. The molecule has 1 amide bonds. The molecule has 138 valence electrons. The Labute approximate surface area is 162 Å². The lowest BCUT2D eigenvalue weighted by Crippen LogP contribution is -2.14. The zero-order chi connectivity index (χ0) is 20.1. The number of carboxylic acid groups (broad SMARTS) is 1. The Balaban J connectivity index is 1.88. The molecule has 3 rings (SSSR count). The summed E-state index contributed by atoms with van der Waals surface area (Å²) in [4.78, 5) is 23.6. The van der Waals surface area contributed by atoms with Crippen molar-refractivity contribution in [3.8, 4) is 11.8 Å². The molecule has 0 aliphatic heterocycles. The van der Waals surface area contributed by atoms with Crippen LogP contribution in [0.3, 0.4) is 0 Å². The number of aryl methyl sites for hydroxylation is 1. The maximum Gasteiger partial charge on any atom is 0.335 e. The minimum absolute atomic E-state index is 0.0496. The van der Waals surface area contributed by atoms with Crippen LogP contribution in [0.5, 0.6) is 0 Å². The molecule has 0 saturated heterocycles. The summed E-state index contributed by atoms with van der Waals surface area (Å²) in [5.74, 6) is -1.70. The first-order chi connectivity index (χ1) is 13.5. The molecule has 2 N–H and O–H groups in total. The zero-order valence-electron chi connectivity index (χ0n) is 15.1. The molecular formula is C22H17N3O3. The molecule has 0 bridgehead atoms. The summed E-state index contributed by atoms with van der Waals surface area (Å²) in [6, 6.07) is 19.3. The van der Waals surface area contributed by atoms with Gasteiger partial charge in [-0.15, -0.1) is 0 Å². The molecule has 0 spiro atoms. The number of carboxylic acids is 1. The standard InChI is InChI=1S/C22H17N3O3/c1-15-5-2-8-19(11-15)25-10-4-9-20(25)13-17(14-23)21(26)24-18-7-3-6-16(12-18)22(27)28/h2-13H,1H3,(H,24,26)(H,27,28)/b17-13-. The smallest absolute Gasteiger partial charge is 0.335 e. The summed E-state index contributed by atoms with van der Waals surface area (Å²) in [6.45, 7) is 1.99. The third-order valence-corrected chi connectivity index (χ3v) is 4.08. The van der Waals surface area contributed by atoms with Gasteiger partial charge in [-0.05, 0) is 61.0 Å². The summed E-state index contributed by atoms with van der Waals surface area (Å²) in [6.07, 6.45) is 3.35. The third-order valence-electron chi connectivity index (χ3n) is 4.08. The lowest BCUT2D eigenvalue weighted by molar-refractivity contribution is -0.112. The zero-order valence-corrected chi connectivity index (χ0v) is 15.1.